The number of para-hydroxylation sites is 1. The number of rotatable bonds is 9. The fourth-order valence-electron chi connectivity index (χ4n) is 4.27. The molecule has 0 atom stereocenters. The van der Waals surface area contributed by atoms with Gasteiger partial charge in [0.25, 0.3) is 0 Å². The second-order valence-corrected chi connectivity index (χ2v) is 9.28. The Morgan fingerprint density at radius 2 is 1.73 bits per heavy atom. The molecule has 0 radical (unpaired) electrons. The highest BCUT2D eigenvalue weighted by atomic mass is 16.5. The topological polar surface area (TPSA) is 128 Å². The SMILES string of the molecule is COc1cc(CC(=O)N(C)CC(=O)N2CCC(CC(=O)O)CC2)ccc1NC(=O)Nc1ccccc1C. The van der Waals surface area contributed by atoms with Gasteiger partial charge in [-0.25, -0.2) is 4.79 Å². The Labute approximate surface area is 216 Å². The lowest BCUT2D eigenvalue weighted by Crippen LogP contribution is -2.45. The maximum Gasteiger partial charge on any atom is 0.323 e. The van der Waals surface area contributed by atoms with Crippen LogP contribution in [0.15, 0.2) is 42.5 Å². The van der Waals surface area contributed by atoms with Crippen LogP contribution in [0.2, 0.25) is 0 Å². The third-order valence-electron chi connectivity index (χ3n) is 6.49. The number of carbonyl (C=O) groups excluding carboxylic acids is 3. The molecule has 0 saturated carbocycles. The van der Waals surface area contributed by atoms with Crippen molar-refractivity contribution in [1.82, 2.24) is 9.80 Å². The smallest absolute Gasteiger partial charge is 0.323 e. The molecule has 10 nitrogen and oxygen atoms in total. The highest BCUT2D eigenvalue weighted by Crippen LogP contribution is 2.27. The summed E-state index contributed by atoms with van der Waals surface area (Å²) >= 11 is 0. The molecular weight excluding hydrogens is 476 g/mol. The molecule has 3 rings (SSSR count). The van der Waals surface area contributed by atoms with Gasteiger partial charge in [0.1, 0.15) is 5.75 Å². The highest BCUT2D eigenvalue weighted by Gasteiger charge is 2.25. The van der Waals surface area contributed by atoms with Gasteiger partial charge < -0.3 is 30.3 Å². The summed E-state index contributed by atoms with van der Waals surface area (Å²) in [6, 6.07) is 12.1. The maximum absolute atomic E-state index is 12.8. The number of carboxylic acids is 1. The predicted octanol–water partition coefficient (Wildman–Crippen LogP) is 3.36. The van der Waals surface area contributed by atoms with E-state index in [9.17, 15) is 19.2 Å². The van der Waals surface area contributed by atoms with E-state index in [2.05, 4.69) is 10.6 Å². The second kappa shape index (κ2) is 12.8. The summed E-state index contributed by atoms with van der Waals surface area (Å²) in [7, 11) is 3.07. The first kappa shape index (κ1) is 27.5. The van der Waals surface area contributed by atoms with Crippen molar-refractivity contribution in [2.75, 3.05) is 44.4 Å². The Morgan fingerprint density at radius 3 is 2.38 bits per heavy atom. The number of nitrogens with one attached hydrogen (secondary N) is 2. The number of anilines is 2. The number of methoxy groups -OCH3 is 1. The fraction of sp³-hybridized carbons (Fsp3) is 0.407. The molecule has 1 saturated heterocycles. The maximum atomic E-state index is 12.8. The summed E-state index contributed by atoms with van der Waals surface area (Å²) in [5.41, 5.74) is 2.77. The zero-order valence-corrected chi connectivity index (χ0v) is 21.5. The number of hydrogen-bond donors (Lipinski definition) is 3. The molecule has 1 fully saturated rings. The number of carboxylic acid groups (broad SMARTS) is 1. The number of carbonyl (C=O) groups is 4. The summed E-state index contributed by atoms with van der Waals surface area (Å²) in [4.78, 5) is 51.8. The summed E-state index contributed by atoms with van der Waals surface area (Å²) in [5.74, 6) is -0.702. The zero-order valence-electron chi connectivity index (χ0n) is 21.5. The van der Waals surface area contributed by atoms with Crippen LogP contribution in [0.25, 0.3) is 0 Å². The monoisotopic (exact) mass is 510 g/mol. The lowest BCUT2D eigenvalue weighted by molar-refractivity contribution is -0.141. The normalized spacial score (nSPS) is 13.5. The van der Waals surface area contributed by atoms with E-state index in [1.165, 1.54) is 12.0 Å². The number of nitrogens with zero attached hydrogens (tertiary/aromatic N) is 2. The number of aliphatic carboxylic acids is 1. The van der Waals surface area contributed by atoms with Crippen molar-refractivity contribution in [2.24, 2.45) is 5.92 Å². The van der Waals surface area contributed by atoms with Gasteiger partial charge in [0.15, 0.2) is 0 Å². The molecule has 10 heteroatoms. The number of hydrogen-bond acceptors (Lipinski definition) is 5. The first-order chi connectivity index (χ1) is 17.7. The molecule has 1 heterocycles. The second-order valence-electron chi connectivity index (χ2n) is 9.28. The van der Waals surface area contributed by atoms with E-state index in [0.29, 0.717) is 48.6 Å². The summed E-state index contributed by atoms with van der Waals surface area (Å²) < 4.78 is 5.41. The van der Waals surface area contributed by atoms with Gasteiger partial charge in [0.2, 0.25) is 11.8 Å². The minimum Gasteiger partial charge on any atom is -0.495 e. The molecule has 2 aromatic carbocycles. The molecule has 1 aliphatic rings. The number of aryl methyl sites for hydroxylation is 1. The molecule has 3 N–H and O–H groups in total. The summed E-state index contributed by atoms with van der Waals surface area (Å²) in [6.45, 7) is 2.86. The number of likely N-dealkylation sites (tertiary alicyclic amines) is 1. The zero-order chi connectivity index (χ0) is 26.9. The predicted molar refractivity (Wildman–Crippen MR) is 140 cm³/mol. The molecular formula is C27H34N4O6. The van der Waals surface area contributed by atoms with E-state index in [1.807, 2.05) is 31.2 Å². The summed E-state index contributed by atoms with van der Waals surface area (Å²) in [5, 5.41) is 14.5. The fourth-order valence-corrected chi connectivity index (χ4v) is 4.27. The highest BCUT2D eigenvalue weighted by molar-refractivity contribution is 6.01. The third-order valence-corrected chi connectivity index (χ3v) is 6.49. The van der Waals surface area contributed by atoms with Crippen LogP contribution in [0.3, 0.4) is 0 Å². The Kier molecular flexibility index (Phi) is 9.48. The van der Waals surface area contributed by atoms with E-state index >= 15 is 0 Å². The lowest BCUT2D eigenvalue weighted by atomic mass is 9.93. The molecule has 0 unspecified atom stereocenters. The van der Waals surface area contributed by atoms with Crippen molar-refractivity contribution in [2.45, 2.75) is 32.6 Å². The molecule has 0 aliphatic carbocycles. The molecule has 4 amide bonds. The Bertz CT molecular complexity index is 1140. The van der Waals surface area contributed by atoms with E-state index in [4.69, 9.17) is 9.84 Å². The van der Waals surface area contributed by atoms with Crippen LogP contribution in [0.1, 0.15) is 30.4 Å². The molecule has 37 heavy (non-hydrogen) atoms. The number of ether oxygens (including phenoxy) is 1. The van der Waals surface area contributed by atoms with Crippen LogP contribution >= 0.6 is 0 Å². The molecule has 198 valence electrons. The van der Waals surface area contributed by atoms with E-state index in [0.717, 1.165) is 5.56 Å². The molecule has 0 bridgehead atoms. The number of piperidine rings is 1. The average molecular weight is 511 g/mol. The van der Waals surface area contributed by atoms with Crippen molar-refractivity contribution in [3.63, 3.8) is 0 Å². The van der Waals surface area contributed by atoms with E-state index < -0.39 is 12.0 Å². The largest absolute Gasteiger partial charge is 0.495 e. The molecule has 1 aliphatic heterocycles. The first-order valence-corrected chi connectivity index (χ1v) is 12.2. The van der Waals surface area contributed by atoms with Gasteiger partial charge in [-0.15, -0.1) is 0 Å². The van der Waals surface area contributed by atoms with Crippen molar-refractivity contribution in [3.8, 4) is 5.75 Å². The first-order valence-electron chi connectivity index (χ1n) is 12.2. The van der Waals surface area contributed by atoms with Gasteiger partial charge in [0, 0.05) is 32.2 Å². The van der Waals surface area contributed by atoms with Crippen molar-refractivity contribution >= 4 is 35.2 Å². The van der Waals surface area contributed by atoms with Crippen LogP contribution < -0.4 is 15.4 Å². The Balaban J connectivity index is 1.52. The van der Waals surface area contributed by atoms with E-state index in [1.54, 1.807) is 30.1 Å². The van der Waals surface area contributed by atoms with Gasteiger partial charge in [-0.05, 0) is 55.0 Å². The minimum absolute atomic E-state index is 0.0434. The van der Waals surface area contributed by atoms with Gasteiger partial charge >= 0.3 is 12.0 Å². The van der Waals surface area contributed by atoms with Gasteiger partial charge in [-0.3, -0.25) is 14.4 Å². The quantitative estimate of drug-likeness (QED) is 0.475. The number of urea groups is 1. The Morgan fingerprint density at radius 1 is 1.05 bits per heavy atom. The number of benzene rings is 2. The van der Waals surface area contributed by atoms with Gasteiger partial charge in [-0.1, -0.05) is 24.3 Å². The van der Waals surface area contributed by atoms with Crippen LogP contribution in [-0.4, -0.2) is 72.5 Å². The van der Waals surface area contributed by atoms with Crippen LogP contribution in [-0.2, 0) is 20.8 Å². The van der Waals surface area contributed by atoms with Gasteiger partial charge in [-0.2, -0.15) is 0 Å². The minimum atomic E-state index is -0.818. The molecule has 2 aromatic rings. The molecule has 0 spiro atoms. The third kappa shape index (κ3) is 7.96. The lowest BCUT2D eigenvalue weighted by Gasteiger charge is -2.32. The van der Waals surface area contributed by atoms with Gasteiger partial charge in [0.05, 0.1) is 25.8 Å². The van der Waals surface area contributed by atoms with Crippen LogP contribution in [0.5, 0.6) is 5.75 Å². The van der Waals surface area contributed by atoms with Crippen molar-refractivity contribution in [3.05, 3.63) is 53.6 Å². The number of likely N-dealkylation sites (N-methyl/N-ethyl adjacent to an activating group) is 1. The Hall–Kier alpha value is -4.08. The standard InChI is InChI=1S/C27H34N4O6/c1-18-6-4-5-7-21(18)28-27(36)29-22-9-8-20(14-23(22)37-3)15-24(32)30(2)17-25(33)31-12-10-19(11-13-31)16-26(34)35/h4-9,14,19H,10-13,15-17H2,1-3H3,(H,34,35)(H2,28,29,36). The van der Waals surface area contributed by atoms with Crippen LogP contribution in [0.4, 0.5) is 16.2 Å². The van der Waals surface area contributed by atoms with Crippen LogP contribution in [0, 0.1) is 12.8 Å². The van der Waals surface area contributed by atoms with Crippen molar-refractivity contribution < 1.29 is 29.0 Å². The van der Waals surface area contributed by atoms with Crippen molar-refractivity contribution in [1.29, 1.82) is 0 Å². The molecule has 0 aromatic heterocycles. The average Bonchev–Trinajstić information content (AvgIpc) is 2.86. The summed E-state index contributed by atoms with van der Waals surface area (Å²) in [6.07, 6.45) is 1.49. The number of amides is 4. The van der Waals surface area contributed by atoms with E-state index in [-0.39, 0.29) is 37.1 Å².